The lowest BCUT2D eigenvalue weighted by molar-refractivity contribution is -0.148. The minimum atomic E-state index is -1.59. The number of amides is 10. The second-order valence-electron chi connectivity index (χ2n) is 26.9. The topological polar surface area (TPSA) is 392 Å². The summed E-state index contributed by atoms with van der Waals surface area (Å²) in [5, 5.41) is 22.1. The van der Waals surface area contributed by atoms with E-state index in [-0.39, 0.29) is 88.3 Å². The number of alkyl carbamates (subject to hydrolysis) is 1. The van der Waals surface area contributed by atoms with E-state index in [0.29, 0.717) is 109 Å². The number of aromatic nitrogens is 1. The molecule has 0 unspecified atom stereocenters. The van der Waals surface area contributed by atoms with Gasteiger partial charge in [0.15, 0.2) is 0 Å². The van der Waals surface area contributed by atoms with Crippen molar-refractivity contribution in [1.82, 2.24) is 46.7 Å². The zero-order chi connectivity index (χ0) is 76.6. The highest BCUT2D eigenvalue weighted by molar-refractivity contribution is 7.09. The van der Waals surface area contributed by atoms with Crippen LogP contribution in [0.5, 0.6) is 0 Å². The Bertz CT molecular complexity index is 3030. The number of carbonyl (C=O) groups is 9. The molecule has 1 fully saturated rings. The molecule has 1 aliphatic rings. The quantitative estimate of drug-likeness (QED) is 0.0344. The first-order valence-corrected chi connectivity index (χ1v) is 37.0. The molecule has 584 valence electrons. The highest BCUT2D eigenvalue weighted by Gasteiger charge is 2.44. The van der Waals surface area contributed by atoms with Gasteiger partial charge in [0, 0.05) is 64.6 Å². The van der Waals surface area contributed by atoms with Crippen molar-refractivity contribution in [2.75, 3.05) is 126 Å². The predicted molar refractivity (Wildman–Crippen MR) is 393 cm³/mol. The van der Waals surface area contributed by atoms with E-state index < -0.39 is 101 Å². The molecule has 1 aromatic heterocycles. The van der Waals surface area contributed by atoms with Crippen molar-refractivity contribution in [1.29, 1.82) is 0 Å². The molecule has 1 saturated heterocycles. The molecular formula is C73H118N12O18S. The van der Waals surface area contributed by atoms with Crippen molar-refractivity contribution in [2.24, 2.45) is 35.1 Å². The summed E-state index contributed by atoms with van der Waals surface area (Å²) < 4.78 is 50.4. The average Bonchev–Trinajstić information content (AvgIpc) is 1.31. The summed E-state index contributed by atoms with van der Waals surface area (Å²) in [6, 6.07) is 10.9. The third kappa shape index (κ3) is 31.7. The number of nitrogens with two attached hydrogens (primary N) is 2. The smallest absolute Gasteiger partial charge is 0.408 e. The third-order valence-corrected chi connectivity index (χ3v) is 18.8. The molecule has 30 nitrogen and oxygen atoms in total. The van der Waals surface area contributed by atoms with Crippen LogP contribution >= 0.6 is 11.3 Å². The van der Waals surface area contributed by atoms with Gasteiger partial charge in [-0.1, -0.05) is 97.4 Å². The number of nitrogens with zero attached hydrogens (tertiary/aromatic N) is 3. The number of benzene rings is 2. The Kier molecular flexibility index (Phi) is 41.6. The van der Waals surface area contributed by atoms with Crippen molar-refractivity contribution in [3.05, 3.63) is 82.3 Å². The van der Waals surface area contributed by atoms with Crippen LogP contribution in [0.25, 0.3) is 0 Å². The van der Waals surface area contributed by atoms with Crippen LogP contribution in [-0.2, 0) is 89.2 Å². The summed E-state index contributed by atoms with van der Waals surface area (Å²) in [6.07, 6.45) is 2.09. The fraction of sp³-hybridized carbons (Fsp3) is 0.671. The maximum atomic E-state index is 14.8. The van der Waals surface area contributed by atoms with Gasteiger partial charge in [-0.3, -0.25) is 33.6 Å². The van der Waals surface area contributed by atoms with Gasteiger partial charge in [0.1, 0.15) is 35.3 Å². The first kappa shape index (κ1) is 88.9. The van der Waals surface area contributed by atoms with E-state index in [1.165, 1.54) is 32.3 Å². The van der Waals surface area contributed by atoms with Crippen molar-refractivity contribution in [3.8, 4) is 0 Å². The molecule has 2 heterocycles. The predicted octanol–water partition coefficient (Wildman–Crippen LogP) is 4.77. The van der Waals surface area contributed by atoms with Gasteiger partial charge < -0.3 is 101 Å². The van der Waals surface area contributed by atoms with Crippen molar-refractivity contribution < 1.29 is 85.8 Å². The number of urea groups is 1. The van der Waals surface area contributed by atoms with E-state index in [9.17, 15) is 43.2 Å². The molecular weight excluding hydrogens is 1360 g/mol. The summed E-state index contributed by atoms with van der Waals surface area (Å²) >= 11 is 1.47. The van der Waals surface area contributed by atoms with Crippen LogP contribution in [0.4, 0.5) is 15.3 Å². The van der Waals surface area contributed by atoms with Gasteiger partial charge in [-0.15, -0.1) is 11.3 Å². The Morgan fingerprint density at radius 1 is 0.712 bits per heavy atom. The number of methoxy groups -OCH3 is 2. The number of hydrogen-bond acceptors (Lipinski definition) is 21. The van der Waals surface area contributed by atoms with Crippen LogP contribution < -0.4 is 48.7 Å². The molecule has 4 rings (SSSR count). The van der Waals surface area contributed by atoms with Crippen molar-refractivity contribution >= 4 is 70.5 Å². The number of likely N-dealkylation sites (N-methyl/N-ethyl adjacent to an activating group) is 1. The molecule has 2 aromatic carbocycles. The Morgan fingerprint density at radius 2 is 1.31 bits per heavy atom. The Balaban J connectivity index is 1.27. The second-order valence-corrected chi connectivity index (χ2v) is 27.8. The normalized spacial score (nSPS) is 15.7. The van der Waals surface area contributed by atoms with E-state index in [1.54, 1.807) is 82.1 Å². The zero-order valence-corrected chi connectivity index (χ0v) is 63.8. The molecule has 11 N–H and O–H groups in total. The number of anilines is 1. The van der Waals surface area contributed by atoms with Crippen LogP contribution in [0, 0.1) is 23.7 Å². The number of primary amides is 1. The number of rotatable bonds is 52. The van der Waals surface area contributed by atoms with Gasteiger partial charge >= 0.3 is 12.1 Å². The van der Waals surface area contributed by atoms with Crippen LogP contribution in [0.3, 0.4) is 0 Å². The maximum absolute atomic E-state index is 14.8. The monoisotopic (exact) mass is 1480 g/mol. The van der Waals surface area contributed by atoms with Crippen molar-refractivity contribution in [3.63, 3.8) is 0 Å². The number of ether oxygens (including phenoxy) is 9. The molecule has 1 aliphatic heterocycles. The molecule has 0 spiro atoms. The van der Waals surface area contributed by atoms with Gasteiger partial charge in [-0.05, 0) is 87.0 Å². The Labute approximate surface area is 617 Å². The van der Waals surface area contributed by atoms with E-state index in [0.717, 1.165) is 10.6 Å². The SMILES string of the molecule is CC[C@H](C)[C@@H]([C@@H](CC(=O)N1CCC[C@H]1[C@H](OC)[C@@H](C)C(=O)N[C@@H](Cc1ccccc1)c1nccs1)OC)N(C)C(=O)[C@@H](NC(=O)C(C)(C)NC(=O)OCc1ccc(NC(=O)[C@H](CCCNC(N)=O)NC(=O)[C@@H](NC(=O)CCOCCOCCOCCOCCOCCOCCN)C(C)C)cc1)C(C)C. The molecule has 31 heteroatoms. The molecule has 0 saturated carbocycles. The standard InChI is InChI=1S/C73H118N12O18S/c1-13-50(6)63(58(95-11)46-60(87)85-31-18-22-57(85)64(96-12)51(7)65(88)80-56(68-76-30-44-104-68)45-52-19-15-14-16-20-52)84(10)69(91)62(49(4)5)82-70(92)73(8,9)83-72(94)103-47-53-23-25-54(26-24-53)78-66(89)55(21-17-29-77-71(75)93)79-67(90)61(48(2)3)81-59(86)27-32-97-34-36-99-38-40-101-42-43-102-41-39-100-37-35-98-33-28-74/h14-16,19-20,23-26,30,44,48-51,55-58,61-64H,13,17-18,21-22,27-29,31-43,45-47,74H2,1-12H3,(H,78,89)(H,79,90)(H,80,88)(H,81,86)(H,82,92)(H,83,94)(H3,75,77,93)/t50-,51+,55-,56-,57-,58+,61-,62-,63-,64+/m0/s1. The van der Waals surface area contributed by atoms with Gasteiger partial charge in [-0.2, -0.15) is 0 Å². The average molecular weight is 1480 g/mol. The maximum Gasteiger partial charge on any atom is 0.408 e. The number of carbonyl (C=O) groups excluding carboxylic acids is 9. The summed E-state index contributed by atoms with van der Waals surface area (Å²) in [6.45, 7) is 21.1. The number of hydrogen-bond donors (Lipinski definition) is 9. The summed E-state index contributed by atoms with van der Waals surface area (Å²) in [4.78, 5) is 131. The lowest BCUT2D eigenvalue weighted by atomic mass is 9.89. The highest BCUT2D eigenvalue weighted by Crippen LogP contribution is 2.31. The molecule has 104 heavy (non-hydrogen) atoms. The van der Waals surface area contributed by atoms with Gasteiger partial charge in [-0.25, -0.2) is 14.6 Å². The van der Waals surface area contributed by atoms with Gasteiger partial charge in [0.25, 0.3) is 0 Å². The van der Waals surface area contributed by atoms with E-state index in [1.807, 2.05) is 56.5 Å². The molecule has 3 aromatic rings. The minimum absolute atomic E-state index is 0.0422. The van der Waals surface area contributed by atoms with Crippen LogP contribution in [0.2, 0.25) is 0 Å². The summed E-state index contributed by atoms with van der Waals surface area (Å²) in [5.41, 5.74) is 10.9. The molecule has 10 atom stereocenters. The number of thiazole rings is 1. The minimum Gasteiger partial charge on any atom is -0.445 e. The van der Waals surface area contributed by atoms with Crippen LogP contribution in [-0.4, -0.2) is 236 Å². The molecule has 0 bridgehead atoms. The summed E-state index contributed by atoms with van der Waals surface area (Å²) in [7, 11) is 4.70. The Hall–Kier alpha value is -7.46. The van der Waals surface area contributed by atoms with Crippen LogP contribution in [0.1, 0.15) is 129 Å². The molecule has 10 amide bonds. The fourth-order valence-corrected chi connectivity index (χ4v) is 12.5. The largest absolute Gasteiger partial charge is 0.445 e. The van der Waals surface area contributed by atoms with Crippen molar-refractivity contribution in [2.45, 2.75) is 174 Å². The third-order valence-electron chi connectivity index (χ3n) is 17.9. The second kappa shape index (κ2) is 48.6. The molecule has 0 aliphatic carbocycles. The number of likely N-dealkylation sites (tertiary alicyclic amines) is 1. The Morgan fingerprint density at radius 3 is 1.85 bits per heavy atom. The first-order chi connectivity index (χ1) is 49.8. The van der Waals surface area contributed by atoms with Crippen LogP contribution in [0.15, 0.2) is 66.2 Å². The fourth-order valence-electron chi connectivity index (χ4n) is 11.8. The van der Waals surface area contributed by atoms with Gasteiger partial charge in [0.05, 0.1) is 122 Å². The first-order valence-electron chi connectivity index (χ1n) is 36.1. The van der Waals surface area contributed by atoms with Gasteiger partial charge in [0.2, 0.25) is 41.4 Å². The van der Waals surface area contributed by atoms with E-state index in [4.69, 9.17) is 54.1 Å². The zero-order valence-electron chi connectivity index (χ0n) is 63.0. The summed E-state index contributed by atoms with van der Waals surface area (Å²) in [5.74, 6) is -4.78. The lowest BCUT2D eigenvalue weighted by Gasteiger charge is -2.41. The van der Waals surface area contributed by atoms with E-state index >= 15 is 0 Å². The molecule has 0 radical (unpaired) electrons. The number of nitrogens with one attached hydrogen (secondary N) is 7. The van der Waals surface area contributed by atoms with E-state index in [2.05, 4.69) is 42.2 Å². The highest BCUT2D eigenvalue weighted by atomic mass is 32.1. The lowest BCUT2D eigenvalue weighted by Crippen LogP contribution is -2.62.